The molecule has 0 spiro atoms. The number of carbonyl (C=O) groups excluding carboxylic acids is 1. The number of hydrogen-bond donors (Lipinski definition) is 4. The number of halogens is 3. The van der Waals surface area contributed by atoms with Gasteiger partial charge in [0.25, 0.3) is 0 Å². The molecule has 0 saturated carbocycles. The Balaban J connectivity index is 1.78. The molecule has 0 saturated heterocycles. The zero-order chi connectivity index (χ0) is 22.4. The van der Waals surface area contributed by atoms with E-state index in [9.17, 15) is 9.90 Å². The fourth-order valence-corrected chi connectivity index (χ4v) is 4.12. The minimum Gasteiger partial charge on any atom is -0.482 e. The molecular weight excluding hydrogens is 554 g/mol. The molecular formula is C22H23Cl2IN2O4. The van der Waals surface area contributed by atoms with Crippen LogP contribution in [0.3, 0.4) is 0 Å². The van der Waals surface area contributed by atoms with Crippen LogP contribution in [0, 0.1) is 3.57 Å². The lowest BCUT2D eigenvalue weighted by Gasteiger charge is -2.34. The molecule has 6 nitrogen and oxygen atoms in total. The van der Waals surface area contributed by atoms with Crippen LogP contribution in [0.2, 0.25) is 10.0 Å². The van der Waals surface area contributed by atoms with Gasteiger partial charge in [0.15, 0.2) is 0 Å². The molecule has 4 N–H and O–H groups in total. The quantitative estimate of drug-likeness (QED) is 0.362. The van der Waals surface area contributed by atoms with E-state index in [-0.39, 0.29) is 19.1 Å². The second-order valence-corrected chi connectivity index (χ2v) is 9.09. The van der Waals surface area contributed by atoms with E-state index in [2.05, 4.69) is 33.2 Å². The van der Waals surface area contributed by atoms with Gasteiger partial charge in [0, 0.05) is 24.7 Å². The van der Waals surface area contributed by atoms with Crippen LogP contribution in [0.4, 0.5) is 0 Å². The van der Waals surface area contributed by atoms with E-state index in [1.165, 1.54) is 0 Å². The van der Waals surface area contributed by atoms with Gasteiger partial charge in [-0.15, -0.1) is 0 Å². The molecule has 0 aliphatic heterocycles. The highest BCUT2D eigenvalue weighted by atomic mass is 127. The second-order valence-electron chi connectivity index (χ2n) is 7.11. The number of ether oxygens (including phenoxy) is 1. The van der Waals surface area contributed by atoms with Gasteiger partial charge in [0.1, 0.15) is 18.0 Å². The van der Waals surface area contributed by atoms with E-state index >= 15 is 0 Å². The Morgan fingerprint density at radius 2 is 1.97 bits per heavy atom. The summed E-state index contributed by atoms with van der Waals surface area (Å²) in [4.78, 5) is 12.5. The van der Waals surface area contributed by atoms with E-state index in [4.69, 9.17) is 33.0 Å². The number of para-hydroxylation sites is 1. The predicted octanol–water partition coefficient (Wildman–Crippen LogP) is 3.30. The van der Waals surface area contributed by atoms with Crippen LogP contribution < -0.4 is 15.4 Å². The number of carbonyl (C=O) groups is 1. The smallest absolute Gasteiger partial charge is 0.247 e. The van der Waals surface area contributed by atoms with Crippen molar-refractivity contribution in [2.75, 3.05) is 13.2 Å². The summed E-state index contributed by atoms with van der Waals surface area (Å²) < 4.78 is 6.96. The lowest BCUT2D eigenvalue weighted by molar-refractivity contribution is -0.118. The number of rotatable bonds is 8. The van der Waals surface area contributed by atoms with Crippen molar-refractivity contribution in [3.05, 3.63) is 73.3 Å². The number of nitrogens with one attached hydrogen (secondary N) is 2. The lowest BCUT2D eigenvalue weighted by atomic mass is 9.89. The molecule has 31 heavy (non-hydrogen) atoms. The number of hydrogen-bond acceptors (Lipinski definition) is 5. The molecule has 3 atom stereocenters. The summed E-state index contributed by atoms with van der Waals surface area (Å²) in [5, 5.41) is 26.9. The number of benzene rings is 2. The molecule has 0 heterocycles. The average Bonchev–Trinajstić information content (AvgIpc) is 2.76. The summed E-state index contributed by atoms with van der Waals surface area (Å²) in [5.74, 6) is 0.335. The van der Waals surface area contributed by atoms with Crippen LogP contribution in [0.15, 0.2) is 54.1 Å². The first-order valence-electron chi connectivity index (χ1n) is 9.75. The summed E-state index contributed by atoms with van der Waals surface area (Å²) in [5.41, 5.74) is 1.39. The van der Waals surface area contributed by atoms with Crippen molar-refractivity contribution in [1.29, 1.82) is 0 Å². The molecule has 0 fully saturated rings. The summed E-state index contributed by atoms with van der Waals surface area (Å²) in [6.45, 7) is 0.435. The van der Waals surface area contributed by atoms with Crippen molar-refractivity contribution in [3.63, 3.8) is 0 Å². The van der Waals surface area contributed by atoms with Gasteiger partial charge >= 0.3 is 0 Å². The number of amides is 1. The number of aliphatic hydroxyl groups is 2. The molecule has 0 radical (unpaired) electrons. The van der Waals surface area contributed by atoms with Gasteiger partial charge in [0.05, 0.1) is 20.2 Å². The zero-order valence-corrected chi connectivity index (χ0v) is 20.2. The summed E-state index contributed by atoms with van der Waals surface area (Å²) in [7, 11) is 0. The normalized spacial score (nSPS) is 20.8. The van der Waals surface area contributed by atoms with Crippen molar-refractivity contribution in [2.24, 2.45) is 0 Å². The van der Waals surface area contributed by atoms with Crippen molar-refractivity contribution in [2.45, 2.75) is 31.2 Å². The van der Waals surface area contributed by atoms with E-state index in [0.29, 0.717) is 34.3 Å². The van der Waals surface area contributed by atoms with E-state index in [1.807, 2.05) is 30.3 Å². The SMILES string of the molecule is O=C(NCCO)C1=CC(Oc2ccccc2I)C(O)C(NCc2ccc(Cl)c(Cl)c2)C1. The van der Waals surface area contributed by atoms with Gasteiger partial charge in [-0.25, -0.2) is 0 Å². The Morgan fingerprint density at radius 3 is 2.68 bits per heavy atom. The van der Waals surface area contributed by atoms with Crippen molar-refractivity contribution in [3.8, 4) is 5.75 Å². The lowest BCUT2D eigenvalue weighted by Crippen LogP contribution is -2.51. The third-order valence-electron chi connectivity index (χ3n) is 4.90. The largest absolute Gasteiger partial charge is 0.482 e. The molecule has 3 rings (SSSR count). The Labute approximate surface area is 204 Å². The molecule has 0 aromatic heterocycles. The van der Waals surface area contributed by atoms with Gasteiger partial charge in [-0.1, -0.05) is 41.4 Å². The first-order valence-corrected chi connectivity index (χ1v) is 11.6. The number of aliphatic hydroxyl groups excluding tert-OH is 2. The van der Waals surface area contributed by atoms with Gasteiger partial charge in [0.2, 0.25) is 5.91 Å². The van der Waals surface area contributed by atoms with Crippen LogP contribution in [-0.2, 0) is 11.3 Å². The van der Waals surface area contributed by atoms with Crippen LogP contribution >= 0.6 is 45.8 Å². The maximum atomic E-state index is 12.5. The molecule has 1 aliphatic carbocycles. The molecule has 166 valence electrons. The van der Waals surface area contributed by atoms with Crippen LogP contribution in [0.1, 0.15) is 12.0 Å². The fraction of sp³-hybridized carbons (Fsp3) is 0.318. The van der Waals surface area contributed by atoms with Gasteiger partial charge in [-0.2, -0.15) is 0 Å². The van der Waals surface area contributed by atoms with Gasteiger partial charge < -0.3 is 25.6 Å². The highest BCUT2D eigenvalue weighted by Gasteiger charge is 2.35. The molecule has 1 amide bonds. The Morgan fingerprint density at radius 1 is 1.19 bits per heavy atom. The topological polar surface area (TPSA) is 90.8 Å². The zero-order valence-electron chi connectivity index (χ0n) is 16.5. The van der Waals surface area contributed by atoms with Crippen molar-refractivity contribution >= 4 is 51.7 Å². The Hall–Kier alpha value is -1.36. The third kappa shape index (κ3) is 6.57. The Bertz CT molecular complexity index is 957. The fourth-order valence-electron chi connectivity index (χ4n) is 3.29. The van der Waals surface area contributed by atoms with Gasteiger partial charge in [-0.3, -0.25) is 4.79 Å². The molecule has 0 bridgehead atoms. The standard InChI is InChI=1S/C22H23Cl2IN2O4/c23-15-6-5-13(9-16(15)24)12-27-18-10-14(22(30)26-7-8-28)11-20(21(18)29)31-19-4-2-1-3-17(19)25/h1-6,9,11,18,20-21,27-29H,7-8,10,12H2,(H,26,30). The Kier molecular flexibility index (Phi) is 9.00. The summed E-state index contributed by atoms with van der Waals surface area (Å²) in [6.07, 6.45) is 0.363. The van der Waals surface area contributed by atoms with Crippen LogP contribution in [0.5, 0.6) is 5.75 Å². The maximum absolute atomic E-state index is 12.5. The van der Waals surface area contributed by atoms with E-state index in [1.54, 1.807) is 18.2 Å². The third-order valence-corrected chi connectivity index (χ3v) is 6.53. The molecule has 9 heteroatoms. The second kappa shape index (κ2) is 11.5. The van der Waals surface area contributed by atoms with Crippen molar-refractivity contribution < 1.29 is 19.7 Å². The van der Waals surface area contributed by atoms with E-state index in [0.717, 1.165) is 9.13 Å². The minimum atomic E-state index is -0.881. The monoisotopic (exact) mass is 576 g/mol. The maximum Gasteiger partial charge on any atom is 0.247 e. The van der Waals surface area contributed by atoms with Gasteiger partial charge in [-0.05, 0) is 64.9 Å². The molecule has 2 aromatic rings. The minimum absolute atomic E-state index is 0.150. The summed E-state index contributed by atoms with van der Waals surface area (Å²) in [6, 6.07) is 12.4. The predicted molar refractivity (Wildman–Crippen MR) is 129 cm³/mol. The highest BCUT2D eigenvalue weighted by Crippen LogP contribution is 2.28. The molecule has 3 unspecified atom stereocenters. The van der Waals surface area contributed by atoms with Crippen LogP contribution in [0.25, 0.3) is 0 Å². The van der Waals surface area contributed by atoms with Crippen molar-refractivity contribution in [1.82, 2.24) is 10.6 Å². The molecule has 2 aromatic carbocycles. The first kappa shape index (κ1) is 24.3. The molecule has 1 aliphatic rings. The average molecular weight is 577 g/mol. The summed E-state index contributed by atoms with van der Waals surface area (Å²) >= 11 is 14.2. The van der Waals surface area contributed by atoms with E-state index < -0.39 is 18.2 Å². The van der Waals surface area contributed by atoms with Crippen LogP contribution in [-0.4, -0.2) is 47.5 Å². The highest BCUT2D eigenvalue weighted by molar-refractivity contribution is 14.1. The first-order chi connectivity index (χ1) is 14.9.